The second-order valence-electron chi connectivity index (χ2n) is 20.2. The molecule has 382 valence electrons. The summed E-state index contributed by atoms with van der Waals surface area (Å²) >= 11 is 0. The largest absolute Gasteiger partial charge is 0.507 e. The van der Waals surface area contributed by atoms with Crippen molar-refractivity contribution >= 4 is 40.7 Å². The van der Waals surface area contributed by atoms with Crippen molar-refractivity contribution in [1.29, 1.82) is 0 Å². The number of piperidine rings is 1. The molecule has 6 aliphatic rings. The number of phenols is 1. The van der Waals surface area contributed by atoms with Gasteiger partial charge in [0.2, 0.25) is 11.7 Å². The first kappa shape index (κ1) is 52.5. The van der Waals surface area contributed by atoms with Gasteiger partial charge in [0.15, 0.2) is 0 Å². The molecule has 3 unspecified atom stereocenters. The van der Waals surface area contributed by atoms with Crippen LogP contribution in [0.2, 0.25) is 0 Å². The number of hydrogen-bond donors (Lipinski definition) is 6. The van der Waals surface area contributed by atoms with Crippen molar-refractivity contribution in [1.82, 2.24) is 20.9 Å². The first-order chi connectivity index (χ1) is 33.7. The lowest BCUT2D eigenvalue weighted by Crippen LogP contribution is -2.50. The Morgan fingerprint density at radius 2 is 1.76 bits per heavy atom. The van der Waals surface area contributed by atoms with Crippen molar-refractivity contribution < 1.29 is 53.5 Å². The van der Waals surface area contributed by atoms with Crippen LogP contribution in [0.3, 0.4) is 0 Å². The lowest BCUT2D eigenvalue weighted by atomic mass is 9.82. The number of carbonyl (C=O) groups is 5. The number of ether oxygens (including phenoxy) is 3. The van der Waals surface area contributed by atoms with Crippen molar-refractivity contribution in [2.45, 2.75) is 123 Å². The van der Waals surface area contributed by atoms with Gasteiger partial charge in [0.1, 0.15) is 35.4 Å². The Hall–Kier alpha value is -6.30. The highest BCUT2D eigenvalue weighted by Gasteiger charge is 2.54. The Morgan fingerprint density at radius 1 is 1.04 bits per heavy atom. The van der Waals surface area contributed by atoms with Gasteiger partial charge in [-0.05, 0) is 57.2 Å². The van der Waals surface area contributed by atoms with Gasteiger partial charge in [0, 0.05) is 100 Å². The first-order valence-electron chi connectivity index (χ1n) is 24.8. The number of Topliss-reactive ketones (excluding diaryl/α,β-unsaturated/α-hetero) is 2. The summed E-state index contributed by atoms with van der Waals surface area (Å²) in [5, 5.41) is 43.7. The Bertz CT molecular complexity index is 2540. The number of nitrogens with one attached hydrogen (secondary N) is 3. The van der Waals surface area contributed by atoms with E-state index in [9.17, 15) is 39.3 Å². The van der Waals surface area contributed by atoms with E-state index in [2.05, 4.69) is 39.6 Å². The molecule has 8 rings (SSSR count). The van der Waals surface area contributed by atoms with E-state index >= 15 is 0 Å². The molecule has 1 spiro atoms. The number of nitrogens with zero attached hydrogens (tertiary/aromatic N) is 3. The third kappa shape index (κ3) is 11.6. The van der Waals surface area contributed by atoms with Gasteiger partial charge in [-0.3, -0.25) is 29.0 Å². The number of phenolic OH excluding ortho intramolecular Hbond substituents is 1. The van der Waals surface area contributed by atoms with Crippen LogP contribution in [-0.2, 0) is 23.9 Å². The average molecular weight is 979 g/mol. The van der Waals surface area contributed by atoms with Gasteiger partial charge in [-0.15, -0.1) is 0 Å². The van der Waals surface area contributed by atoms with Crippen molar-refractivity contribution in [2.24, 2.45) is 22.7 Å². The van der Waals surface area contributed by atoms with Crippen LogP contribution in [0, 0.1) is 24.7 Å². The molecule has 0 saturated carbocycles. The molecule has 17 nitrogen and oxygen atoms in total. The minimum Gasteiger partial charge on any atom is -0.507 e. The van der Waals surface area contributed by atoms with E-state index in [1.165, 1.54) is 20.1 Å². The average Bonchev–Trinajstić information content (AvgIpc) is 3.83. The monoisotopic (exact) mass is 979 g/mol. The summed E-state index contributed by atoms with van der Waals surface area (Å²) in [5.41, 5.74) is 0.810. The fourth-order valence-electron chi connectivity index (χ4n) is 9.85. The zero-order valence-electron chi connectivity index (χ0n) is 42.2. The number of aliphatic hydroxyl groups is 2. The van der Waals surface area contributed by atoms with E-state index < -0.39 is 83.1 Å². The molecule has 1 aliphatic carbocycles. The van der Waals surface area contributed by atoms with Crippen LogP contribution < -0.4 is 25.6 Å². The fraction of sp³-hybridized carbons (Fsp3) is 0.519. The molecule has 6 atom stereocenters. The number of hydrogen-bond acceptors (Lipinski definition) is 15. The third-order valence-electron chi connectivity index (χ3n) is 14.1. The summed E-state index contributed by atoms with van der Waals surface area (Å²) in [6.07, 6.45) is 6.27. The molecular weight excluding hydrogens is 909 g/mol. The Labute approximate surface area is 416 Å². The number of aliphatic hydroxyl groups excluding tert-OH is 2. The summed E-state index contributed by atoms with van der Waals surface area (Å²) in [5.74, 6) is -6.31. The Kier molecular flexibility index (Phi) is 16.3. The topological polar surface area (TPSA) is 229 Å². The zero-order valence-corrected chi connectivity index (χ0v) is 42.2. The number of ketones is 2. The van der Waals surface area contributed by atoms with Crippen LogP contribution in [0.5, 0.6) is 11.5 Å². The number of para-hydroxylation sites is 1. The summed E-state index contributed by atoms with van der Waals surface area (Å²) in [6, 6.07) is 9.84. The molecule has 5 heterocycles. The maximum atomic E-state index is 14.7. The van der Waals surface area contributed by atoms with Crippen molar-refractivity contribution in [3.63, 3.8) is 0 Å². The summed E-state index contributed by atoms with van der Waals surface area (Å²) in [7, 11) is 1.96. The standard InChI is InChI=1S/C54H70N6O11/c1-31(2)30-60-25-21-54(22-26-60)57-44-41-42-48(65)35(6)50-43(41)51(67)53(7,71-50)69-27-13-12-20-37(70-40(63)29-39(62)55-23-15-24-59(8)36-18-10-9-11-19-36)28-38(61)34(5)47(64)32(3)16-14-17-33(4)52(68)56-46(49(42)66)45(44)58-54/h9-11,13-14,16-19,27,31-32,34,37-38,47,58,61,64-65H,12,15,20-26,28-30H2,1-8H3,(H,55,62)(H,56,68)/b16-14+,27-13+,33-17-/t32?,34-,37+,38?,47-,53?/m0/s1. The lowest BCUT2D eigenvalue weighted by Gasteiger charge is -2.38. The molecule has 71 heavy (non-hydrogen) atoms. The molecule has 17 heteroatoms. The number of benzene rings is 2. The molecule has 0 radical (unpaired) electrons. The van der Waals surface area contributed by atoms with Crippen LogP contribution in [0.15, 0.2) is 82.9 Å². The highest BCUT2D eigenvalue weighted by molar-refractivity contribution is 6.34. The lowest BCUT2D eigenvalue weighted by molar-refractivity contribution is -0.153. The summed E-state index contributed by atoms with van der Waals surface area (Å²) < 4.78 is 18.1. The second kappa shape index (κ2) is 22.0. The number of fused-ring (bicyclic) bond motifs is 13. The van der Waals surface area contributed by atoms with E-state index in [0.29, 0.717) is 51.4 Å². The molecule has 1 fully saturated rings. The Morgan fingerprint density at radius 3 is 2.46 bits per heavy atom. The molecule has 2 aromatic rings. The zero-order chi connectivity index (χ0) is 51.4. The minimum absolute atomic E-state index is 0.0166. The van der Waals surface area contributed by atoms with Crippen LogP contribution >= 0.6 is 0 Å². The molecule has 1 saturated heterocycles. The van der Waals surface area contributed by atoms with Crippen LogP contribution in [0.4, 0.5) is 5.69 Å². The maximum absolute atomic E-state index is 14.7. The van der Waals surface area contributed by atoms with Gasteiger partial charge in [-0.25, -0.2) is 0 Å². The third-order valence-corrected chi connectivity index (χ3v) is 14.1. The number of carbonyl (C=O) groups excluding carboxylic acids is 5. The van der Waals surface area contributed by atoms with Gasteiger partial charge in [0.05, 0.1) is 41.0 Å². The van der Waals surface area contributed by atoms with Gasteiger partial charge < -0.3 is 55.3 Å². The van der Waals surface area contributed by atoms with Crippen LogP contribution in [-0.4, -0.2) is 125 Å². The first-order valence-corrected chi connectivity index (χ1v) is 24.8. The smallest absolute Gasteiger partial charge is 0.315 e. The molecule has 5 bridgehead atoms. The van der Waals surface area contributed by atoms with Gasteiger partial charge in [0.25, 0.3) is 11.7 Å². The molecule has 0 aromatic heterocycles. The van der Waals surface area contributed by atoms with E-state index in [4.69, 9.17) is 19.2 Å². The normalized spacial score (nSPS) is 27.4. The quantitative estimate of drug-likeness (QED) is 0.0981. The summed E-state index contributed by atoms with van der Waals surface area (Å²) in [6.45, 7) is 15.7. The molecular formula is C54H70N6O11. The van der Waals surface area contributed by atoms with E-state index in [-0.39, 0.29) is 69.9 Å². The van der Waals surface area contributed by atoms with Gasteiger partial charge in [-0.1, -0.05) is 64.1 Å². The molecule has 5 aliphatic heterocycles. The molecule has 2 aromatic carbocycles. The number of likely N-dealkylation sites (tertiary alicyclic amines) is 1. The van der Waals surface area contributed by atoms with E-state index in [1.54, 1.807) is 45.1 Å². The van der Waals surface area contributed by atoms with Gasteiger partial charge in [-0.2, -0.15) is 0 Å². The maximum Gasteiger partial charge on any atom is 0.315 e. The van der Waals surface area contributed by atoms with Crippen molar-refractivity contribution in [3.05, 3.63) is 100 Å². The Balaban J connectivity index is 1.15. The molecule has 6 N–H and O–H groups in total. The van der Waals surface area contributed by atoms with E-state index in [1.807, 2.05) is 37.4 Å². The number of anilines is 1. The predicted molar refractivity (Wildman–Crippen MR) is 268 cm³/mol. The number of rotatable bonds is 10. The number of aliphatic imine (C=N–C) groups is 1. The highest BCUT2D eigenvalue weighted by atomic mass is 16.7. The van der Waals surface area contributed by atoms with Crippen LogP contribution in [0.1, 0.15) is 118 Å². The van der Waals surface area contributed by atoms with Crippen LogP contribution in [0.25, 0.3) is 0 Å². The van der Waals surface area contributed by atoms with Crippen molar-refractivity contribution in [2.75, 3.05) is 44.7 Å². The second-order valence-corrected chi connectivity index (χ2v) is 20.2. The number of esters is 1. The highest BCUT2D eigenvalue weighted by Crippen LogP contribution is 2.50. The minimum atomic E-state index is -1.95. The predicted octanol–water partition coefficient (Wildman–Crippen LogP) is 5.51. The number of aromatic hydroxyl groups is 1. The number of allylic oxidation sites excluding steroid dienone is 5. The number of amides is 2. The SMILES string of the molecule is C/C1=C/C=C/C(C)[C@H](O)[C@@H](C)C(O)C[C@H](OC(=O)CC(=O)NCCCN(C)c2ccccc2)CC/C=C/OC2(C)Oc3c(C)c(O)c4c(c3C2=O)C2=NC3(CCN(CC(C)C)CC3)NC2=C(NC1=O)C4=O. The fourth-order valence-corrected chi connectivity index (χ4v) is 9.85. The van der Waals surface area contributed by atoms with Crippen molar-refractivity contribution in [3.8, 4) is 11.5 Å². The molecule has 2 amide bonds. The van der Waals surface area contributed by atoms with E-state index in [0.717, 1.165) is 12.2 Å². The van der Waals surface area contributed by atoms with Gasteiger partial charge >= 0.3 is 11.8 Å². The summed E-state index contributed by atoms with van der Waals surface area (Å²) in [4.78, 5) is 79.1.